The summed E-state index contributed by atoms with van der Waals surface area (Å²) in [7, 11) is 1.84. The fourth-order valence-corrected chi connectivity index (χ4v) is 3.50. The molecule has 23 heavy (non-hydrogen) atoms. The van der Waals surface area contributed by atoms with E-state index in [0.29, 0.717) is 6.04 Å². The molecule has 3 rings (SSSR count). The molecule has 0 spiro atoms. The molecule has 4 heteroatoms. The van der Waals surface area contributed by atoms with E-state index in [-0.39, 0.29) is 5.41 Å². The maximum absolute atomic E-state index is 5.61. The van der Waals surface area contributed by atoms with Crippen molar-refractivity contribution in [1.82, 2.24) is 10.6 Å². The number of ether oxygens (including phenoxy) is 1. The van der Waals surface area contributed by atoms with Crippen molar-refractivity contribution in [2.24, 2.45) is 4.99 Å². The summed E-state index contributed by atoms with van der Waals surface area (Å²) in [6, 6.07) is 11.3. The molecule has 0 atom stereocenters. The maximum Gasteiger partial charge on any atom is 0.191 e. The van der Waals surface area contributed by atoms with Gasteiger partial charge in [0, 0.05) is 38.3 Å². The van der Waals surface area contributed by atoms with E-state index in [1.54, 1.807) is 0 Å². The van der Waals surface area contributed by atoms with E-state index >= 15 is 0 Å². The van der Waals surface area contributed by atoms with Crippen LogP contribution in [0.3, 0.4) is 0 Å². The van der Waals surface area contributed by atoms with Crippen molar-refractivity contribution < 1.29 is 4.74 Å². The molecule has 0 bridgehead atoms. The zero-order chi connectivity index (χ0) is 16.0. The van der Waals surface area contributed by atoms with Gasteiger partial charge < -0.3 is 15.4 Å². The molecular weight excluding hydrogens is 286 g/mol. The van der Waals surface area contributed by atoms with Crippen LogP contribution in [-0.4, -0.2) is 38.8 Å². The quantitative estimate of drug-likeness (QED) is 0.510. The lowest BCUT2D eigenvalue weighted by atomic mass is 9.74. The molecule has 1 heterocycles. The van der Waals surface area contributed by atoms with E-state index in [4.69, 9.17) is 4.74 Å². The second kappa shape index (κ2) is 7.64. The molecule has 0 aromatic heterocycles. The zero-order valence-electron chi connectivity index (χ0n) is 13.9. The van der Waals surface area contributed by atoms with Crippen LogP contribution in [0.5, 0.6) is 0 Å². The largest absolute Gasteiger partial charge is 0.381 e. The van der Waals surface area contributed by atoms with Gasteiger partial charge in [-0.3, -0.25) is 4.99 Å². The topological polar surface area (TPSA) is 45.7 Å². The predicted molar refractivity (Wildman–Crippen MR) is 94.8 cm³/mol. The number of hydrogen-bond acceptors (Lipinski definition) is 2. The van der Waals surface area contributed by atoms with Crippen LogP contribution >= 0.6 is 0 Å². The van der Waals surface area contributed by atoms with Crippen molar-refractivity contribution >= 4 is 5.96 Å². The smallest absolute Gasteiger partial charge is 0.191 e. The summed E-state index contributed by atoms with van der Waals surface area (Å²) >= 11 is 0. The molecule has 0 radical (unpaired) electrons. The Morgan fingerprint density at radius 1 is 1.17 bits per heavy atom. The molecular formula is C19H27N3O. The highest BCUT2D eigenvalue weighted by Gasteiger charge is 2.34. The van der Waals surface area contributed by atoms with Gasteiger partial charge >= 0.3 is 0 Å². The molecule has 0 unspecified atom stereocenters. The van der Waals surface area contributed by atoms with Gasteiger partial charge in [-0.1, -0.05) is 42.5 Å². The molecule has 0 amide bonds. The Morgan fingerprint density at radius 2 is 1.87 bits per heavy atom. The molecule has 1 fully saturated rings. The third kappa shape index (κ3) is 3.94. The summed E-state index contributed by atoms with van der Waals surface area (Å²) in [6.45, 7) is 2.55. The normalized spacial score (nSPS) is 21.3. The highest BCUT2D eigenvalue weighted by atomic mass is 16.5. The van der Waals surface area contributed by atoms with Gasteiger partial charge in [-0.2, -0.15) is 0 Å². The Hall–Kier alpha value is -1.81. The average molecular weight is 313 g/mol. The first-order valence-electron chi connectivity index (χ1n) is 8.58. The van der Waals surface area contributed by atoms with E-state index in [1.807, 2.05) is 7.05 Å². The van der Waals surface area contributed by atoms with Gasteiger partial charge in [0.25, 0.3) is 0 Å². The molecule has 4 nitrogen and oxygen atoms in total. The van der Waals surface area contributed by atoms with Crippen LogP contribution in [0.15, 0.2) is 47.5 Å². The second-order valence-electron chi connectivity index (χ2n) is 6.47. The number of benzene rings is 1. The van der Waals surface area contributed by atoms with Crippen molar-refractivity contribution in [1.29, 1.82) is 0 Å². The summed E-state index contributed by atoms with van der Waals surface area (Å²) < 4.78 is 5.61. The summed E-state index contributed by atoms with van der Waals surface area (Å²) in [6.07, 6.45) is 8.72. The van der Waals surface area contributed by atoms with Crippen molar-refractivity contribution in [3.63, 3.8) is 0 Å². The minimum Gasteiger partial charge on any atom is -0.381 e. The fraction of sp³-hybridized carbons (Fsp3) is 0.526. The molecule has 1 aliphatic heterocycles. The van der Waals surface area contributed by atoms with Crippen LogP contribution in [0.1, 0.15) is 31.2 Å². The number of rotatable bonds is 4. The Balaban J connectivity index is 1.66. The van der Waals surface area contributed by atoms with Gasteiger partial charge in [-0.05, 0) is 31.2 Å². The summed E-state index contributed by atoms with van der Waals surface area (Å²) in [5, 5.41) is 7.08. The molecule has 2 aliphatic rings. The van der Waals surface area contributed by atoms with Gasteiger partial charge in [0.2, 0.25) is 0 Å². The SMILES string of the molecule is CN=C(NCC1(c2ccccc2)CCOCC1)NC1CC=CC1. The van der Waals surface area contributed by atoms with Crippen LogP contribution in [0.2, 0.25) is 0 Å². The van der Waals surface area contributed by atoms with Gasteiger partial charge in [0.15, 0.2) is 5.96 Å². The lowest BCUT2D eigenvalue weighted by Crippen LogP contribution is -2.49. The molecule has 2 N–H and O–H groups in total. The van der Waals surface area contributed by atoms with Crippen molar-refractivity contribution in [2.45, 2.75) is 37.1 Å². The van der Waals surface area contributed by atoms with Gasteiger partial charge in [0.05, 0.1) is 0 Å². The predicted octanol–water partition coefficient (Wildman–Crippen LogP) is 2.62. The standard InChI is InChI=1S/C19H27N3O/c1-20-18(22-17-9-5-6-10-17)21-15-19(11-13-23-14-12-19)16-7-3-2-4-8-16/h2-8,17H,9-15H2,1H3,(H2,20,21,22). The zero-order valence-corrected chi connectivity index (χ0v) is 13.9. The molecule has 1 saturated heterocycles. The highest BCUT2D eigenvalue weighted by molar-refractivity contribution is 5.80. The lowest BCUT2D eigenvalue weighted by Gasteiger charge is -2.38. The van der Waals surface area contributed by atoms with Gasteiger partial charge in [-0.25, -0.2) is 0 Å². The van der Waals surface area contributed by atoms with Gasteiger partial charge in [0.1, 0.15) is 0 Å². The Bertz CT molecular complexity index is 539. The second-order valence-corrected chi connectivity index (χ2v) is 6.47. The van der Waals surface area contributed by atoms with E-state index in [2.05, 4.69) is 58.1 Å². The molecule has 124 valence electrons. The first-order valence-corrected chi connectivity index (χ1v) is 8.58. The van der Waals surface area contributed by atoms with Crippen LogP contribution in [0, 0.1) is 0 Å². The van der Waals surface area contributed by atoms with Crippen LogP contribution < -0.4 is 10.6 Å². The highest BCUT2D eigenvalue weighted by Crippen LogP contribution is 2.34. The van der Waals surface area contributed by atoms with E-state index < -0.39 is 0 Å². The van der Waals surface area contributed by atoms with Crippen LogP contribution in [0.4, 0.5) is 0 Å². The third-order valence-electron chi connectivity index (χ3n) is 5.00. The summed E-state index contributed by atoms with van der Waals surface area (Å²) in [4.78, 5) is 4.40. The van der Waals surface area contributed by atoms with E-state index in [1.165, 1.54) is 5.56 Å². The van der Waals surface area contributed by atoms with Crippen molar-refractivity contribution in [2.75, 3.05) is 26.8 Å². The number of nitrogens with one attached hydrogen (secondary N) is 2. The fourth-order valence-electron chi connectivity index (χ4n) is 3.50. The van der Waals surface area contributed by atoms with Crippen LogP contribution in [0.25, 0.3) is 0 Å². The summed E-state index contributed by atoms with van der Waals surface area (Å²) in [5.41, 5.74) is 1.53. The van der Waals surface area contributed by atoms with Gasteiger partial charge in [-0.15, -0.1) is 0 Å². The Kier molecular flexibility index (Phi) is 5.34. The molecule has 1 aromatic rings. The minimum absolute atomic E-state index is 0.130. The van der Waals surface area contributed by atoms with Crippen molar-refractivity contribution in [3.05, 3.63) is 48.0 Å². The van der Waals surface area contributed by atoms with E-state index in [9.17, 15) is 0 Å². The maximum atomic E-state index is 5.61. The molecule has 1 aromatic carbocycles. The number of guanidine groups is 1. The number of nitrogens with zero attached hydrogens (tertiary/aromatic N) is 1. The molecule has 1 aliphatic carbocycles. The first kappa shape index (κ1) is 16.1. The number of hydrogen-bond donors (Lipinski definition) is 2. The Morgan fingerprint density at radius 3 is 2.52 bits per heavy atom. The monoisotopic (exact) mass is 313 g/mol. The Labute approximate surface area is 139 Å². The third-order valence-corrected chi connectivity index (χ3v) is 5.00. The molecule has 0 saturated carbocycles. The first-order chi connectivity index (χ1) is 11.3. The summed E-state index contributed by atoms with van der Waals surface area (Å²) in [5.74, 6) is 0.903. The lowest BCUT2D eigenvalue weighted by molar-refractivity contribution is 0.0513. The van der Waals surface area contributed by atoms with E-state index in [0.717, 1.165) is 51.4 Å². The van der Waals surface area contributed by atoms with Crippen molar-refractivity contribution in [3.8, 4) is 0 Å². The average Bonchev–Trinajstić information content (AvgIpc) is 3.13. The minimum atomic E-state index is 0.130. The van der Waals surface area contributed by atoms with Crippen LogP contribution in [-0.2, 0) is 10.2 Å². The number of aliphatic imine (C=N–C) groups is 1.